The zero-order chi connectivity index (χ0) is 15.8. The summed E-state index contributed by atoms with van der Waals surface area (Å²) in [5, 5.41) is 0. The Morgan fingerprint density at radius 2 is 1.40 bits per heavy atom. The van der Waals surface area contributed by atoms with Crippen molar-refractivity contribution in [2.24, 2.45) is 5.41 Å². The van der Waals surface area contributed by atoms with Crippen LogP contribution in [0.25, 0.3) is 0 Å². The summed E-state index contributed by atoms with van der Waals surface area (Å²) in [6.07, 6.45) is 0. The van der Waals surface area contributed by atoms with Crippen LogP contribution in [0, 0.1) is 5.41 Å². The lowest BCUT2D eigenvalue weighted by molar-refractivity contribution is 0.317. The minimum Gasteiger partial charge on any atom is -0.208 e. The summed E-state index contributed by atoms with van der Waals surface area (Å²) in [7, 11) is -2.37. The summed E-state index contributed by atoms with van der Waals surface area (Å²) >= 11 is 0. The average molecular weight is 340 g/mol. The Morgan fingerprint density at radius 1 is 1.00 bits per heavy atom. The van der Waals surface area contributed by atoms with E-state index in [1.165, 1.54) is 24.3 Å². The lowest BCUT2D eigenvalue weighted by atomic mass is 9.89. The highest BCUT2D eigenvalue weighted by Gasteiger charge is 2.26. The van der Waals surface area contributed by atoms with E-state index in [9.17, 15) is 16.8 Å². The molecule has 0 bridgehead atoms. The summed E-state index contributed by atoms with van der Waals surface area (Å²) < 4.78 is 49.1. The molecule has 1 N–H and O–H groups in total. The van der Waals surface area contributed by atoms with Crippen LogP contribution in [-0.2, 0) is 19.1 Å². The molecule has 1 atom stereocenters. The second-order valence-corrected chi connectivity index (χ2v) is 9.90. The van der Waals surface area contributed by atoms with Gasteiger partial charge in [-0.3, -0.25) is 0 Å². The van der Waals surface area contributed by atoms with Crippen LogP contribution in [0.1, 0.15) is 27.7 Å². The molecule has 1 aromatic rings. The highest BCUT2D eigenvalue weighted by Crippen LogP contribution is 2.22. The van der Waals surface area contributed by atoms with Gasteiger partial charge in [0.25, 0.3) is 9.05 Å². The number of sulfonamides is 1. The number of nitrogens with one attached hydrogen (secondary N) is 1. The fourth-order valence-corrected chi connectivity index (χ4v) is 3.48. The Hall–Kier alpha value is -0.630. The van der Waals surface area contributed by atoms with Gasteiger partial charge in [0.2, 0.25) is 10.0 Å². The maximum Gasteiger partial charge on any atom is 0.261 e. The van der Waals surface area contributed by atoms with Gasteiger partial charge in [-0.05, 0) is 36.6 Å². The first-order valence-electron chi connectivity index (χ1n) is 5.91. The summed E-state index contributed by atoms with van der Waals surface area (Å²) in [6.45, 7) is 7.53. The Labute approximate surface area is 124 Å². The van der Waals surface area contributed by atoms with Crippen LogP contribution in [0.15, 0.2) is 34.1 Å². The van der Waals surface area contributed by atoms with Gasteiger partial charge in [0, 0.05) is 16.7 Å². The molecular formula is C12H18ClNO4S2. The third-order valence-electron chi connectivity index (χ3n) is 3.05. The molecule has 0 spiro atoms. The normalized spacial score (nSPS) is 15.1. The van der Waals surface area contributed by atoms with Crippen molar-refractivity contribution in [3.8, 4) is 0 Å². The number of benzene rings is 1. The zero-order valence-electron chi connectivity index (χ0n) is 11.7. The van der Waals surface area contributed by atoms with Crippen LogP contribution in [-0.4, -0.2) is 22.9 Å². The number of hydrogen-bond donors (Lipinski definition) is 1. The van der Waals surface area contributed by atoms with Crippen molar-refractivity contribution in [1.29, 1.82) is 0 Å². The van der Waals surface area contributed by atoms with Crippen LogP contribution >= 0.6 is 10.7 Å². The zero-order valence-corrected chi connectivity index (χ0v) is 14.1. The molecule has 0 saturated heterocycles. The molecule has 20 heavy (non-hydrogen) atoms. The highest BCUT2D eigenvalue weighted by molar-refractivity contribution is 8.13. The summed E-state index contributed by atoms with van der Waals surface area (Å²) in [4.78, 5) is -0.139. The van der Waals surface area contributed by atoms with Crippen molar-refractivity contribution in [2.75, 3.05) is 0 Å². The molecule has 0 radical (unpaired) electrons. The van der Waals surface area contributed by atoms with E-state index >= 15 is 0 Å². The van der Waals surface area contributed by atoms with E-state index in [-0.39, 0.29) is 21.2 Å². The fraction of sp³-hybridized carbons (Fsp3) is 0.500. The highest BCUT2D eigenvalue weighted by atomic mass is 35.7. The molecule has 0 heterocycles. The van der Waals surface area contributed by atoms with Gasteiger partial charge in [0.1, 0.15) is 0 Å². The molecule has 5 nitrogen and oxygen atoms in total. The number of hydrogen-bond acceptors (Lipinski definition) is 4. The van der Waals surface area contributed by atoms with Crippen molar-refractivity contribution in [3.05, 3.63) is 24.3 Å². The maximum absolute atomic E-state index is 12.2. The number of halogens is 1. The van der Waals surface area contributed by atoms with Gasteiger partial charge in [-0.2, -0.15) is 0 Å². The Kier molecular flexibility index (Phi) is 4.91. The van der Waals surface area contributed by atoms with Gasteiger partial charge in [-0.1, -0.05) is 20.8 Å². The molecule has 0 aliphatic heterocycles. The largest absolute Gasteiger partial charge is 0.261 e. The van der Waals surface area contributed by atoms with E-state index in [1.54, 1.807) is 6.92 Å². The van der Waals surface area contributed by atoms with Crippen LogP contribution in [0.3, 0.4) is 0 Å². The fourth-order valence-electron chi connectivity index (χ4n) is 1.26. The van der Waals surface area contributed by atoms with Crippen molar-refractivity contribution in [2.45, 2.75) is 43.5 Å². The third-order valence-corrected chi connectivity index (χ3v) is 5.97. The Morgan fingerprint density at radius 3 is 1.75 bits per heavy atom. The Bertz CT molecular complexity index is 673. The monoisotopic (exact) mass is 339 g/mol. The van der Waals surface area contributed by atoms with Crippen LogP contribution in [0.4, 0.5) is 0 Å². The Balaban J connectivity index is 3.06. The molecule has 1 unspecified atom stereocenters. The smallest absolute Gasteiger partial charge is 0.208 e. The SMILES string of the molecule is CC(NS(=O)(=O)c1ccc(S(=O)(=O)Cl)cc1)C(C)(C)C. The first kappa shape index (κ1) is 17.4. The lowest BCUT2D eigenvalue weighted by Crippen LogP contribution is -2.41. The molecule has 1 aromatic carbocycles. The topological polar surface area (TPSA) is 80.3 Å². The molecule has 0 aliphatic rings. The van der Waals surface area contributed by atoms with Crippen molar-refractivity contribution < 1.29 is 16.8 Å². The number of rotatable bonds is 4. The van der Waals surface area contributed by atoms with E-state index in [0.29, 0.717) is 0 Å². The van der Waals surface area contributed by atoms with E-state index in [0.717, 1.165) is 0 Å². The molecule has 0 aliphatic carbocycles. The van der Waals surface area contributed by atoms with Crippen LogP contribution in [0.5, 0.6) is 0 Å². The maximum atomic E-state index is 12.2. The third kappa shape index (κ3) is 4.44. The van der Waals surface area contributed by atoms with E-state index in [1.807, 2.05) is 20.8 Å². The second-order valence-electron chi connectivity index (χ2n) is 5.62. The quantitative estimate of drug-likeness (QED) is 0.854. The molecule has 0 fully saturated rings. The summed E-state index contributed by atoms with van der Waals surface area (Å²) in [6, 6.07) is 4.49. The molecule has 1 rings (SSSR count). The molecular weight excluding hydrogens is 322 g/mol. The van der Waals surface area contributed by atoms with Gasteiger partial charge in [-0.15, -0.1) is 0 Å². The molecule has 8 heteroatoms. The van der Waals surface area contributed by atoms with Gasteiger partial charge in [0.05, 0.1) is 9.79 Å². The van der Waals surface area contributed by atoms with Gasteiger partial charge < -0.3 is 0 Å². The first-order valence-corrected chi connectivity index (χ1v) is 9.70. The molecule has 114 valence electrons. The van der Waals surface area contributed by atoms with E-state index in [2.05, 4.69) is 4.72 Å². The minimum absolute atomic E-state index is 0.00216. The van der Waals surface area contributed by atoms with Gasteiger partial charge >= 0.3 is 0 Å². The van der Waals surface area contributed by atoms with Crippen LogP contribution in [0.2, 0.25) is 0 Å². The summed E-state index contributed by atoms with van der Waals surface area (Å²) in [5.41, 5.74) is -0.230. The van der Waals surface area contributed by atoms with E-state index < -0.39 is 19.1 Å². The average Bonchev–Trinajstić information content (AvgIpc) is 2.26. The minimum atomic E-state index is -3.85. The predicted molar refractivity (Wildman–Crippen MR) is 78.7 cm³/mol. The van der Waals surface area contributed by atoms with Crippen molar-refractivity contribution in [1.82, 2.24) is 4.72 Å². The van der Waals surface area contributed by atoms with Crippen molar-refractivity contribution in [3.63, 3.8) is 0 Å². The van der Waals surface area contributed by atoms with E-state index in [4.69, 9.17) is 10.7 Å². The van der Waals surface area contributed by atoms with Crippen molar-refractivity contribution >= 4 is 29.8 Å². The first-order chi connectivity index (χ1) is 8.84. The molecule has 0 aromatic heterocycles. The van der Waals surface area contributed by atoms with Gasteiger partial charge in [-0.25, -0.2) is 21.6 Å². The predicted octanol–water partition coefficient (Wildman–Crippen LogP) is 2.33. The molecule has 0 saturated carbocycles. The lowest BCUT2D eigenvalue weighted by Gasteiger charge is -2.27. The summed E-state index contributed by atoms with van der Waals surface area (Å²) in [5.74, 6) is 0. The second kappa shape index (κ2) is 5.63. The van der Waals surface area contributed by atoms with Gasteiger partial charge in [0.15, 0.2) is 0 Å². The standard InChI is InChI=1S/C12H18ClNO4S2/c1-9(12(2,3)4)14-20(17,18)11-7-5-10(6-8-11)19(13,15)16/h5-9,14H,1-4H3. The van der Waals surface area contributed by atoms with Crippen LogP contribution < -0.4 is 4.72 Å². The molecule has 0 amide bonds.